The maximum absolute atomic E-state index is 10.1. The van der Waals surface area contributed by atoms with E-state index in [-0.39, 0.29) is 11.9 Å². The Hall–Kier alpha value is -2.80. The second kappa shape index (κ2) is 9.13. The highest BCUT2D eigenvalue weighted by Gasteiger charge is 2.29. The standard InChI is InChI=1S/C22H28O7/c1-24-17-10-15(11-18(25-2)21(17)23)16-9-14(12-29-16)6-13-7-19(26-3)22(28-5)20(8-13)27-4/h7-8,10-11,14,16,23H,6,9,12H2,1-5H3/t14-,16+/m0/s1. The van der Waals surface area contributed by atoms with Gasteiger partial charge in [0.05, 0.1) is 48.3 Å². The molecule has 0 saturated carbocycles. The minimum atomic E-state index is -0.0922. The number of hydrogen-bond donors (Lipinski definition) is 1. The highest BCUT2D eigenvalue weighted by molar-refractivity contribution is 5.54. The lowest BCUT2D eigenvalue weighted by Crippen LogP contribution is -2.05. The second-order valence-electron chi connectivity index (χ2n) is 6.94. The average Bonchev–Trinajstić information content (AvgIpc) is 3.21. The molecule has 7 heteroatoms. The van der Waals surface area contributed by atoms with Gasteiger partial charge in [0, 0.05) is 0 Å². The molecule has 1 N–H and O–H groups in total. The molecule has 0 unspecified atom stereocenters. The normalized spacial score (nSPS) is 18.4. The fourth-order valence-electron chi connectivity index (χ4n) is 3.75. The van der Waals surface area contributed by atoms with Gasteiger partial charge in [-0.2, -0.15) is 0 Å². The molecular formula is C22H28O7. The first-order valence-electron chi connectivity index (χ1n) is 9.39. The topological polar surface area (TPSA) is 75.6 Å². The van der Waals surface area contributed by atoms with E-state index in [1.807, 2.05) is 12.1 Å². The van der Waals surface area contributed by atoms with Crippen molar-refractivity contribution in [3.05, 3.63) is 35.4 Å². The number of benzene rings is 2. The van der Waals surface area contributed by atoms with Gasteiger partial charge in [-0.15, -0.1) is 0 Å². The van der Waals surface area contributed by atoms with E-state index in [9.17, 15) is 5.11 Å². The largest absolute Gasteiger partial charge is 0.502 e. The lowest BCUT2D eigenvalue weighted by atomic mass is 9.94. The zero-order chi connectivity index (χ0) is 21.0. The number of methoxy groups -OCH3 is 5. The second-order valence-corrected chi connectivity index (χ2v) is 6.94. The minimum absolute atomic E-state index is 0.00859. The van der Waals surface area contributed by atoms with Crippen LogP contribution in [0.4, 0.5) is 0 Å². The van der Waals surface area contributed by atoms with Crippen molar-refractivity contribution in [1.29, 1.82) is 0 Å². The van der Waals surface area contributed by atoms with E-state index >= 15 is 0 Å². The van der Waals surface area contributed by atoms with E-state index in [2.05, 4.69) is 0 Å². The number of aromatic hydroxyl groups is 1. The molecule has 1 heterocycles. The highest BCUT2D eigenvalue weighted by atomic mass is 16.5. The third-order valence-corrected chi connectivity index (χ3v) is 5.20. The fourth-order valence-corrected chi connectivity index (χ4v) is 3.75. The van der Waals surface area contributed by atoms with Gasteiger partial charge in [0.1, 0.15) is 0 Å². The van der Waals surface area contributed by atoms with E-state index < -0.39 is 0 Å². The first kappa shape index (κ1) is 20.9. The molecule has 1 fully saturated rings. The van der Waals surface area contributed by atoms with Gasteiger partial charge in [0.25, 0.3) is 0 Å². The highest BCUT2D eigenvalue weighted by Crippen LogP contribution is 2.44. The Bertz CT molecular complexity index is 799. The maximum Gasteiger partial charge on any atom is 0.203 e. The van der Waals surface area contributed by atoms with Crippen LogP contribution in [0, 0.1) is 5.92 Å². The molecule has 1 aliphatic heterocycles. The van der Waals surface area contributed by atoms with Crippen molar-refractivity contribution >= 4 is 0 Å². The van der Waals surface area contributed by atoms with Crippen molar-refractivity contribution in [2.75, 3.05) is 42.2 Å². The van der Waals surface area contributed by atoms with Crippen LogP contribution >= 0.6 is 0 Å². The lowest BCUT2D eigenvalue weighted by Gasteiger charge is -2.16. The van der Waals surface area contributed by atoms with Gasteiger partial charge in [0.2, 0.25) is 11.5 Å². The van der Waals surface area contributed by atoms with E-state index in [1.54, 1.807) is 33.5 Å². The molecule has 0 bridgehead atoms. The minimum Gasteiger partial charge on any atom is -0.502 e. The molecule has 3 rings (SSSR count). The quantitative estimate of drug-likeness (QED) is 0.718. The van der Waals surface area contributed by atoms with E-state index in [4.69, 9.17) is 28.4 Å². The molecular weight excluding hydrogens is 376 g/mol. The number of hydrogen-bond acceptors (Lipinski definition) is 7. The van der Waals surface area contributed by atoms with Gasteiger partial charge >= 0.3 is 0 Å². The van der Waals surface area contributed by atoms with Gasteiger partial charge in [-0.05, 0) is 54.2 Å². The zero-order valence-electron chi connectivity index (χ0n) is 17.5. The Morgan fingerprint density at radius 1 is 0.828 bits per heavy atom. The molecule has 0 amide bonds. The summed E-state index contributed by atoms with van der Waals surface area (Å²) >= 11 is 0. The lowest BCUT2D eigenvalue weighted by molar-refractivity contribution is 0.107. The Morgan fingerprint density at radius 2 is 1.38 bits per heavy atom. The molecule has 0 aromatic heterocycles. The molecule has 0 radical (unpaired) electrons. The Balaban J connectivity index is 1.77. The third kappa shape index (κ3) is 4.29. The van der Waals surface area contributed by atoms with Gasteiger partial charge in [-0.1, -0.05) is 0 Å². The van der Waals surface area contributed by atoms with Crippen LogP contribution in [0.25, 0.3) is 0 Å². The molecule has 2 atom stereocenters. The van der Waals surface area contributed by atoms with Crippen LogP contribution in [0.3, 0.4) is 0 Å². The SMILES string of the molecule is COc1cc([C@H]2C[C@H](Cc3cc(OC)c(OC)c(OC)c3)CO2)cc(OC)c1O. The summed E-state index contributed by atoms with van der Waals surface area (Å²) in [5, 5.41) is 10.1. The average molecular weight is 404 g/mol. The van der Waals surface area contributed by atoms with Crippen LogP contribution < -0.4 is 23.7 Å². The predicted molar refractivity (Wildman–Crippen MR) is 108 cm³/mol. The van der Waals surface area contributed by atoms with E-state index in [0.29, 0.717) is 41.3 Å². The molecule has 7 nitrogen and oxygen atoms in total. The van der Waals surface area contributed by atoms with Gasteiger partial charge in [-0.3, -0.25) is 0 Å². The third-order valence-electron chi connectivity index (χ3n) is 5.20. The van der Waals surface area contributed by atoms with Crippen LogP contribution in [-0.2, 0) is 11.2 Å². The van der Waals surface area contributed by atoms with Crippen molar-refractivity contribution in [3.8, 4) is 34.5 Å². The molecule has 1 saturated heterocycles. The van der Waals surface area contributed by atoms with E-state index in [1.165, 1.54) is 14.2 Å². The van der Waals surface area contributed by atoms with Gasteiger partial charge in [0.15, 0.2) is 23.0 Å². The number of rotatable bonds is 8. The van der Waals surface area contributed by atoms with Gasteiger partial charge < -0.3 is 33.5 Å². The van der Waals surface area contributed by atoms with Crippen molar-refractivity contribution in [2.24, 2.45) is 5.92 Å². The number of ether oxygens (including phenoxy) is 6. The zero-order valence-corrected chi connectivity index (χ0v) is 17.5. The van der Waals surface area contributed by atoms with Gasteiger partial charge in [-0.25, -0.2) is 0 Å². The van der Waals surface area contributed by atoms with Crippen LogP contribution in [0.1, 0.15) is 23.7 Å². The van der Waals surface area contributed by atoms with Crippen LogP contribution in [0.5, 0.6) is 34.5 Å². The van der Waals surface area contributed by atoms with Crippen LogP contribution in [-0.4, -0.2) is 47.3 Å². The summed E-state index contributed by atoms with van der Waals surface area (Å²) in [7, 11) is 7.85. The van der Waals surface area contributed by atoms with Crippen molar-refractivity contribution < 1.29 is 33.5 Å². The van der Waals surface area contributed by atoms with Crippen molar-refractivity contribution in [2.45, 2.75) is 18.9 Å². The summed E-state index contributed by atoms with van der Waals surface area (Å²) in [6, 6.07) is 7.54. The molecule has 0 spiro atoms. The number of phenols is 1. The van der Waals surface area contributed by atoms with Crippen LogP contribution in [0.15, 0.2) is 24.3 Å². The Morgan fingerprint density at radius 3 is 1.86 bits per heavy atom. The Kier molecular flexibility index (Phi) is 6.59. The molecule has 29 heavy (non-hydrogen) atoms. The summed E-state index contributed by atoms with van der Waals surface area (Å²) in [6.45, 7) is 0.632. The van der Waals surface area contributed by atoms with Crippen LogP contribution in [0.2, 0.25) is 0 Å². The maximum atomic E-state index is 10.1. The predicted octanol–water partition coefficient (Wildman–Crippen LogP) is 3.76. The summed E-state index contributed by atoms with van der Waals surface area (Å²) in [4.78, 5) is 0. The summed E-state index contributed by atoms with van der Waals surface area (Å²) in [5.74, 6) is 2.93. The Labute approximate surface area is 171 Å². The molecule has 0 aliphatic carbocycles. The summed E-state index contributed by atoms with van der Waals surface area (Å²) < 4.78 is 32.8. The van der Waals surface area contributed by atoms with Crippen molar-refractivity contribution in [3.63, 3.8) is 0 Å². The smallest absolute Gasteiger partial charge is 0.203 e. The van der Waals surface area contributed by atoms with E-state index in [0.717, 1.165) is 24.0 Å². The summed E-state index contributed by atoms with van der Waals surface area (Å²) in [5.41, 5.74) is 2.01. The monoisotopic (exact) mass is 404 g/mol. The first-order valence-corrected chi connectivity index (χ1v) is 9.39. The molecule has 2 aromatic rings. The molecule has 1 aliphatic rings. The first-order chi connectivity index (χ1) is 14.0. The molecule has 2 aromatic carbocycles. The fraction of sp³-hybridized carbons (Fsp3) is 0.455. The van der Waals surface area contributed by atoms with Crippen molar-refractivity contribution in [1.82, 2.24) is 0 Å². The molecule has 158 valence electrons. The number of phenolic OH excluding ortho intramolecular Hbond substituents is 1. The summed E-state index contributed by atoms with van der Waals surface area (Å²) in [6.07, 6.45) is 1.57.